The topological polar surface area (TPSA) is 40.1 Å². The van der Waals surface area contributed by atoms with Crippen molar-refractivity contribution in [3.8, 4) is 0 Å². The molecule has 2 nitrogen and oxygen atoms in total. The molecule has 20 valence electrons. The first-order valence-corrected chi connectivity index (χ1v) is 1.27. The fourth-order valence-electron chi connectivity index (χ4n) is 0. The molecule has 0 saturated carbocycles. The van der Waals surface area contributed by atoms with E-state index in [1.807, 2.05) is 0 Å². The summed E-state index contributed by atoms with van der Waals surface area (Å²) in [6.45, 7) is 0. The molecule has 0 aliphatic heterocycles. The first kappa shape index (κ1) is 8.86. The zero-order valence-electron chi connectivity index (χ0n) is 2.19. The maximum atomic E-state index is 8.41. The van der Waals surface area contributed by atoms with E-state index < -0.39 is 15.2 Å². The van der Waals surface area contributed by atoms with E-state index >= 15 is 0 Å². The van der Waals surface area contributed by atoms with Crippen LogP contribution in [0.25, 0.3) is 0 Å². The molecule has 0 saturated heterocycles. The second kappa shape index (κ2) is 9.11. The molecule has 0 aromatic rings. The molecule has 0 aromatic carbocycles. The average molecular weight is 93.9 g/mol. The normalized spacial score (nSPS) is 4.25. The van der Waals surface area contributed by atoms with Gasteiger partial charge in [-0.1, -0.05) is 0 Å². The van der Waals surface area contributed by atoms with E-state index in [9.17, 15) is 0 Å². The summed E-state index contributed by atoms with van der Waals surface area (Å²) in [4.78, 5) is 0. The van der Waals surface area contributed by atoms with Gasteiger partial charge >= 0.3 is 42.1 Å². The van der Waals surface area contributed by atoms with Crippen LogP contribution in [0.5, 0.6) is 0 Å². The molecule has 0 rings (SSSR count). The Morgan fingerprint density at radius 3 is 1.75 bits per heavy atom. The summed E-state index contributed by atoms with van der Waals surface area (Å²) < 4.78 is 16.8. The summed E-state index contributed by atoms with van der Waals surface area (Å²) in [5, 5.41) is 0. The van der Waals surface area contributed by atoms with Crippen LogP contribution in [0.15, 0.2) is 0 Å². The van der Waals surface area contributed by atoms with Gasteiger partial charge in [-0.25, -0.2) is 0 Å². The minimum absolute atomic E-state index is 0. The number of hydrogen-bond acceptors (Lipinski definition) is 2. The van der Waals surface area contributed by atoms with E-state index in [1.165, 1.54) is 0 Å². The van der Waals surface area contributed by atoms with Crippen LogP contribution in [0, 0.1) is 0 Å². The van der Waals surface area contributed by atoms with Crippen LogP contribution in [-0.4, -0.2) is 0 Å². The standard InChI is InChI=1S/Li.Mn.2O/q+1;;;-1. The molecular weight excluding hydrogens is 93.9 g/mol. The second-order valence-corrected chi connectivity index (χ2v) is 0.260. The molecular formula is LiMnO2. The summed E-state index contributed by atoms with van der Waals surface area (Å²) in [6, 6.07) is 0. The molecule has 4 heteroatoms. The van der Waals surface area contributed by atoms with Gasteiger partial charge in [-0.15, -0.1) is 0 Å². The van der Waals surface area contributed by atoms with Gasteiger partial charge in [0.1, 0.15) is 0 Å². The van der Waals surface area contributed by atoms with Crippen molar-refractivity contribution in [2.45, 2.75) is 0 Å². The van der Waals surface area contributed by atoms with E-state index in [0.29, 0.717) is 0 Å². The predicted molar refractivity (Wildman–Crippen MR) is 0.686 cm³/mol. The fraction of sp³-hybridized carbons (Fsp3) is 0. The summed E-state index contributed by atoms with van der Waals surface area (Å²) in [6.07, 6.45) is 0. The molecule has 0 aromatic heterocycles. The third-order valence-corrected chi connectivity index (χ3v) is 0. The molecule has 0 bridgehead atoms. The Hall–Kier alpha value is 0.877. The second-order valence-electron chi connectivity index (χ2n) is 0.0630. The third kappa shape index (κ3) is 13.2. The Balaban J connectivity index is 0. The van der Waals surface area contributed by atoms with Crippen molar-refractivity contribution in [3.63, 3.8) is 0 Å². The maximum absolute atomic E-state index is 8.41. The van der Waals surface area contributed by atoms with Gasteiger partial charge < -0.3 is 0 Å². The molecule has 0 N–H and O–H groups in total. The van der Waals surface area contributed by atoms with Crippen LogP contribution in [0.3, 0.4) is 0 Å². The van der Waals surface area contributed by atoms with Crippen molar-refractivity contribution < 1.29 is 42.1 Å². The third-order valence-electron chi connectivity index (χ3n) is 0. The van der Waals surface area contributed by atoms with E-state index in [0.717, 1.165) is 0 Å². The molecule has 0 amide bonds. The number of hydrogen-bond donors (Lipinski definition) is 0. The van der Waals surface area contributed by atoms with Gasteiger partial charge in [0.15, 0.2) is 0 Å². The quantitative estimate of drug-likeness (QED) is 0.285. The van der Waals surface area contributed by atoms with Gasteiger partial charge in [0.05, 0.1) is 0 Å². The van der Waals surface area contributed by atoms with Crippen molar-refractivity contribution in [3.05, 3.63) is 0 Å². The Labute approximate surface area is 42.4 Å². The van der Waals surface area contributed by atoms with Crippen molar-refractivity contribution in [1.82, 2.24) is 0 Å². The minimum atomic E-state index is -1.44. The van der Waals surface area contributed by atoms with E-state index in [4.69, 9.17) is 8.02 Å². The average Bonchev–Trinajstić information content (AvgIpc) is 0.918. The monoisotopic (exact) mass is 93.9 g/mol. The Bertz CT molecular complexity index is 13.5. The van der Waals surface area contributed by atoms with Gasteiger partial charge in [0.2, 0.25) is 0 Å². The van der Waals surface area contributed by atoms with Gasteiger partial charge in [-0.05, 0) is 0 Å². The van der Waals surface area contributed by atoms with Crippen LogP contribution < -0.4 is 23.0 Å². The van der Waals surface area contributed by atoms with Gasteiger partial charge in [0.25, 0.3) is 0 Å². The van der Waals surface area contributed by atoms with Crippen LogP contribution >= 0.6 is 0 Å². The number of rotatable bonds is 0. The van der Waals surface area contributed by atoms with Crippen molar-refractivity contribution >= 4 is 0 Å². The SMILES string of the molecule is [Li+].[O]=[Mn][O-]. The molecule has 0 aliphatic rings. The van der Waals surface area contributed by atoms with Gasteiger partial charge in [-0.3, -0.25) is 0 Å². The van der Waals surface area contributed by atoms with Crippen LogP contribution in [-0.2, 0) is 19.1 Å². The van der Waals surface area contributed by atoms with Crippen LogP contribution in [0.1, 0.15) is 0 Å². The Morgan fingerprint density at radius 1 is 1.75 bits per heavy atom. The van der Waals surface area contributed by atoms with Gasteiger partial charge in [-0.2, -0.15) is 0 Å². The Morgan fingerprint density at radius 2 is 1.75 bits per heavy atom. The summed E-state index contributed by atoms with van der Waals surface area (Å²) in [5.74, 6) is 0. The Kier molecular flexibility index (Phi) is 20.2. The molecule has 0 atom stereocenters. The van der Waals surface area contributed by atoms with Crippen LogP contribution in [0.2, 0.25) is 0 Å². The first-order valence-electron chi connectivity index (χ1n) is 0.309. The zero-order chi connectivity index (χ0) is 2.71. The molecule has 0 fully saturated rings. The van der Waals surface area contributed by atoms with E-state index in [-0.39, 0.29) is 18.9 Å². The molecule has 0 spiro atoms. The fourth-order valence-corrected chi connectivity index (χ4v) is 0. The summed E-state index contributed by atoms with van der Waals surface area (Å²) >= 11 is -1.44. The molecule has 4 heavy (non-hydrogen) atoms. The van der Waals surface area contributed by atoms with Crippen molar-refractivity contribution in [1.29, 1.82) is 0 Å². The molecule has 0 radical (unpaired) electrons. The summed E-state index contributed by atoms with van der Waals surface area (Å²) in [7, 11) is 0. The molecule has 0 aliphatic carbocycles. The molecule has 0 heterocycles. The summed E-state index contributed by atoms with van der Waals surface area (Å²) in [5.41, 5.74) is 0. The van der Waals surface area contributed by atoms with Crippen molar-refractivity contribution in [2.24, 2.45) is 0 Å². The van der Waals surface area contributed by atoms with E-state index in [2.05, 4.69) is 0 Å². The van der Waals surface area contributed by atoms with Crippen molar-refractivity contribution in [2.75, 3.05) is 0 Å². The van der Waals surface area contributed by atoms with Gasteiger partial charge in [0, 0.05) is 0 Å². The predicted octanol–water partition coefficient (Wildman–Crippen LogP) is -4.31. The zero-order valence-corrected chi connectivity index (χ0v) is 3.37. The first-order chi connectivity index (χ1) is 1.41. The van der Waals surface area contributed by atoms with Crippen LogP contribution in [0.4, 0.5) is 0 Å². The van der Waals surface area contributed by atoms with E-state index in [1.54, 1.807) is 0 Å². The molecule has 0 unspecified atom stereocenters.